The molecule has 88 valence electrons. The summed E-state index contributed by atoms with van der Waals surface area (Å²) < 4.78 is 0. The number of aryl methyl sites for hydroxylation is 1. The molecular weight excluding hydrogens is 218 g/mol. The Bertz CT molecular complexity index is 714. The lowest BCUT2D eigenvalue weighted by molar-refractivity contribution is 1.49. The molecule has 0 bridgehead atoms. The first kappa shape index (κ1) is 10.8. The van der Waals surface area contributed by atoms with E-state index in [0.29, 0.717) is 0 Å². The summed E-state index contributed by atoms with van der Waals surface area (Å²) in [5, 5.41) is 2.55. The molecule has 0 saturated carbocycles. The topological polar surface area (TPSA) is 26.0 Å². The van der Waals surface area contributed by atoms with Crippen molar-refractivity contribution in [1.29, 1.82) is 0 Å². The molecule has 3 aromatic rings. The van der Waals surface area contributed by atoms with E-state index in [-0.39, 0.29) is 0 Å². The van der Waals surface area contributed by atoms with Crippen LogP contribution in [0.3, 0.4) is 0 Å². The van der Waals surface area contributed by atoms with Gasteiger partial charge in [0, 0.05) is 5.69 Å². The standard InChI is InChI=1S/C17H15N/c1-12-9-10-13-5-2-3-8-16(13)17(12)14-6-4-7-15(18)11-14/h2-11H,18H2,1H3. The van der Waals surface area contributed by atoms with E-state index in [1.54, 1.807) is 0 Å². The minimum atomic E-state index is 0.805. The van der Waals surface area contributed by atoms with Crippen molar-refractivity contribution in [3.05, 3.63) is 66.2 Å². The molecule has 2 N–H and O–H groups in total. The number of anilines is 1. The quantitative estimate of drug-likeness (QED) is 0.619. The van der Waals surface area contributed by atoms with Crippen LogP contribution in [0.4, 0.5) is 5.69 Å². The van der Waals surface area contributed by atoms with Crippen LogP contribution in [0.15, 0.2) is 60.7 Å². The highest BCUT2D eigenvalue weighted by molar-refractivity contribution is 5.98. The van der Waals surface area contributed by atoms with Gasteiger partial charge in [0.05, 0.1) is 0 Å². The van der Waals surface area contributed by atoms with Crippen molar-refractivity contribution in [2.45, 2.75) is 6.92 Å². The van der Waals surface area contributed by atoms with Crippen molar-refractivity contribution in [3.8, 4) is 11.1 Å². The van der Waals surface area contributed by atoms with E-state index in [1.807, 2.05) is 18.2 Å². The Kier molecular flexibility index (Phi) is 2.52. The van der Waals surface area contributed by atoms with Crippen LogP contribution < -0.4 is 5.73 Å². The normalized spacial score (nSPS) is 10.7. The minimum absolute atomic E-state index is 0.805. The van der Waals surface area contributed by atoms with Crippen molar-refractivity contribution >= 4 is 16.5 Å². The molecule has 0 fully saturated rings. The van der Waals surface area contributed by atoms with Crippen LogP contribution in [0, 0.1) is 6.92 Å². The molecule has 1 nitrogen and oxygen atoms in total. The van der Waals surface area contributed by atoms with E-state index in [1.165, 1.54) is 27.5 Å². The van der Waals surface area contributed by atoms with Crippen LogP contribution >= 0.6 is 0 Å². The van der Waals surface area contributed by atoms with Crippen LogP contribution in [0.5, 0.6) is 0 Å². The van der Waals surface area contributed by atoms with Crippen LogP contribution in [-0.2, 0) is 0 Å². The van der Waals surface area contributed by atoms with E-state index in [9.17, 15) is 0 Å². The van der Waals surface area contributed by atoms with Gasteiger partial charge in [-0.3, -0.25) is 0 Å². The Balaban J connectivity index is 2.37. The van der Waals surface area contributed by atoms with Gasteiger partial charge in [-0.05, 0) is 46.5 Å². The van der Waals surface area contributed by atoms with Gasteiger partial charge < -0.3 is 5.73 Å². The molecule has 3 aromatic carbocycles. The van der Waals surface area contributed by atoms with E-state index < -0.39 is 0 Å². The number of hydrogen-bond acceptors (Lipinski definition) is 1. The zero-order valence-electron chi connectivity index (χ0n) is 10.4. The molecule has 0 radical (unpaired) electrons. The number of hydrogen-bond donors (Lipinski definition) is 1. The second-order valence-electron chi connectivity index (χ2n) is 4.60. The monoisotopic (exact) mass is 233 g/mol. The molecule has 0 unspecified atom stereocenters. The molecule has 0 aromatic heterocycles. The summed E-state index contributed by atoms with van der Waals surface area (Å²) in [7, 11) is 0. The number of fused-ring (bicyclic) bond motifs is 1. The molecule has 0 aliphatic rings. The van der Waals surface area contributed by atoms with E-state index in [0.717, 1.165) is 5.69 Å². The molecule has 0 heterocycles. The van der Waals surface area contributed by atoms with Crippen molar-refractivity contribution < 1.29 is 0 Å². The molecule has 0 atom stereocenters. The first-order valence-corrected chi connectivity index (χ1v) is 6.10. The van der Waals surface area contributed by atoms with E-state index >= 15 is 0 Å². The Morgan fingerprint density at radius 2 is 1.67 bits per heavy atom. The highest BCUT2D eigenvalue weighted by Gasteiger charge is 2.06. The summed E-state index contributed by atoms with van der Waals surface area (Å²) >= 11 is 0. The first-order valence-electron chi connectivity index (χ1n) is 6.10. The third kappa shape index (κ3) is 1.74. The lowest BCUT2D eigenvalue weighted by Gasteiger charge is -2.11. The van der Waals surface area contributed by atoms with Gasteiger partial charge >= 0.3 is 0 Å². The molecule has 3 rings (SSSR count). The van der Waals surface area contributed by atoms with Gasteiger partial charge in [-0.1, -0.05) is 48.5 Å². The number of rotatable bonds is 1. The molecule has 18 heavy (non-hydrogen) atoms. The average Bonchev–Trinajstić information content (AvgIpc) is 2.38. The predicted octanol–water partition coefficient (Wildman–Crippen LogP) is 4.40. The zero-order chi connectivity index (χ0) is 12.5. The molecule has 0 saturated heterocycles. The summed E-state index contributed by atoms with van der Waals surface area (Å²) in [4.78, 5) is 0. The van der Waals surface area contributed by atoms with Gasteiger partial charge in [0.15, 0.2) is 0 Å². The molecule has 0 amide bonds. The van der Waals surface area contributed by atoms with E-state index in [4.69, 9.17) is 5.73 Å². The van der Waals surface area contributed by atoms with Crippen molar-refractivity contribution in [3.63, 3.8) is 0 Å². The largest absolute Gasteiger partial charge is 0.399 e. The van der Waals surface area contributed by atoms with Gasteiger partial charge in [0.1, 0.15) is 0 Å². The maximum absolute atomic E-state index is 5.89. The highest BCUT2D eigenvalue weighted by atomic mass is 14.5. The number of nitrogens with two attached hydrogens (primary N) is 1. The van der Waals surface area contributed by atoms with Crippen molar-refractivity contribution in [2.75, 3.05) is 5.73 Å². The molecular formula is C17H15N. The Labute approximate surface area is 107 Å². The molecule has 1 heteroatoms. The smallest absolute Gasteiger partial charge is 0.0320 e. The van der Waals surface area contributed by atoms with Gasteiger partial charge in [-0.15, -0.1) is 0 Å². The van der Waals surface area contributed by atoms with Crippen LogP contribution in [-0.4, -0.2) is 0 Å². The second-order valence-corrected chi connectivity index (χ2v) is 4.60. The van der Waals surface area contributed by atoms with Gasteiger partial charge in [-0.25, -0.2) is 0 Å². The summed E-state index contributed by atoms with van der Waals surface area (Å²) in [6.07, 6.45) is 0. The number of nitrogen functional groups attached to an aromatic ring is 1. The predicted molar refractivity (Wildman–Crippen MR) is 78.5 cm³/mol. The Morgan fingerprint density at radius 1 is 0.833 bits per heavy atom. The molecule has 0 aliphatic carbocycles. The maximum atomic E-state index is 5.89. The minimum Gasteiger partial charge on any atom is -0.399 e. The van der Waals surface area contributed by atoms with Crippen molar-refractivity contribution in [1.82, 2.24) is 0 Å². The Hall–Kier alpha value is -2.28. The Morgan fingerprint density at radius 3 is 2.50 bits per heavy atom. The number of benzene rings is 3. The lowest BCUT2D eigenvalue weighted by Crippen LogP contribution is -1.89. The fraction of sp³-hybridized carbons (Fsp3) is 0.0588. The zero-order valence-corrected chi connectivity index (χ0v) is 10.4. The average molecular weight is 233 g/mol. The third-order valence-electron chi connectivity index (χ3n) is 3.31. The SMILES string of the molecule is Cc1ccc2ccccc2c1-c1cccc(N)c1. The van der Waals surface area contributed by atoms with Gasteiger partial charge in [-0.2, -0.15) is 0 Å². The lowest BCUT2D eigenvalue weighted by atomic mass is 9.94. The van der Waals surface area contributed by atoms with Crippen LogP contribution in [0.1, 0.15) is 5.56 Å². The van der Waals surface area contributed by atoms with E-state index in [2.05, 4.69) is 49.4 Å². The summed E-state index contributed by atoms with van der Waals surface area (Å²) in [5.41, 5.74) is 10.4. The van der Waals surface area contributed by atoms with Crippen LogP contribution in [0.2, 0.25) is 0 Å². The summed E-state index contributed by atoms with van der Waals surface area (Å²) in [6.45, 7) is 2.14. The first-order chi connectivity index (χ1) is 8.75. The van der Waals surface area contributed by atoms with Gasteiger partial charge in [0.2, 0.25) is 0 Å². The molecule has 0 spiro atoms. The summed E-state index contributed by atoms with van der Waals surface area (Å²) in [6, 6.07) is 20.9. The fourth-order valence-corrected chi connectivity index (χ4v) is 2.46. The second kappa shape index (κ2) is 4.19. The molecule has 0 aliphatic heterocycles. The van der Waals surface area contributed by atoms with Gasteiger partial charge in [0.25, 0.3) is 0 Å². The summed E-state index contributed by atoms with van der Waals surface area (Å²) in [5.74, 6) is 0. The third-order valence-corrected chi connectivity index (χ3v) is 3.31. The maximum Gasteiger partial charge on any atom is 0.0320 e. The highest BCUT2D eigenvalue weighted by Crippen LogP contribution is 2.32. The fourth-order valence-electron chi connectivity index (χ4n) is 2.46. The van der Waals surface area contributed by atoms with Crippen LogP contribution in [0.25, 0.3) is 21.9 Å². The van der Waals surface area contributed by atoms with Crippen molar-refractivity contribution in [2.24, 2.45) is 0 Å².